The molecule has 122 valence electrons. The maximum atomic E-state index is 12.1. The zero-order valence-electron chi connectivity index (χ0n) is 12.4. The van der Waals surface area contributed by atoms with Crippen LogP contribution in [0.3, 0.4) is 0 Å². The fraction of sp³-hybridized carbons (Fsp3) is 0.0667. The lowest BCUT2D eigenvalue weighted by atomic mass is 10.1. The van der Waals surface area contributed by atoms with E-state index in [4.69, 9.17) is 8.83 Å². The maximum absolute atomic E-state index is 12.1. The molecule has 9 nitrogen and oxygen atoms in total. The molecule has 0 spiro atoms. The van der Waals surface area contributed by atoms with Gasteiger partial charge in [0, 0.05) is 10.9 Å². The number of nitrogens with zero attached hydrogens (tertiary/aromatic N) is 1. The minimum atomic E-state index is -0.829. The van der Waals surface area contributed by atoms with Gasteiger partial charge in [0.2, 0.25) is 5.76 Å². The molecule has 2 N–H and O–H groups in total. The van der Waals surface area contributed by atoms with Gasteiger partial charge < -0.3 is 8.83 Å². The summed E-state index contributed by atoms with van der Waals surface area (Å²) in [5.74, 6) is -2.30. The van der Waals surface area contributed by atoms with Crippen LogP contribution in [0.15, 0.2) is 45.2 Å². The summed E-state index contributed by atoms with van der Waals surface area (Å²) in [5.41, 5.74) is 5.46. The van der Waals surface area contributed by atoms with Crippen molar-refractivity contribution in [3.8, 4) is 0 Å². The number of carbonyl (C=O) groups is 2. The van der Waals surface area contributed by atoms with E-state index >= 15 is 0 Å². The molecule has 0 unspecified atom stereocenters. The average Bonchev–Trinajstić information content (AvgIpc) is 3.18. The minimum absolute atomic E-state index is 0.0573. The molecule has 0 aliphatic rings. The Morgan fingerprint density at radius 3 is 2.42 bits per heavy atom. The van der Waals surface area contributed by atoms with Gasteiger partial charge in [-0.2, -0.15) is 0 Å². The first kappa shape index (κ1) is 15.3. The van der Waals surface area contributed by atoms with Gasteiger partial charge in [0.15, 0.2) is 5.76 Å². The zero-order chi connectivity index (χ0) is 17.3. The number of hydrogen-bond donors (Lipinski definition) is 2. The van der Waals surface area contributed by atoms with Crippen molar-refractivity contribution in [3.05, 3.63) is 63.6 Å². The second-order valence-corrected chi connectivity index (χ2v) is 4.86. The third-order valence-electron chi connectivity index (χ3n) is 3.34. The molecule has 0 saturated carbocycles. The summed E-state index contributed by atoms with van der Waals surface area (Å²) in [7, 11) is 0. The maximum Gasteiger partial charge on any atom is 0.433 e. The summed E-state index contributed by atoms with van der Waals surface area (Å²) in [5, 5.41) is 11.3. The molecule has 2 heterocycles. The standard InChI is InChI=1S/C15H11N3O6/c1-8-9-4-2-3-5-10(9)24-13(8)15(20)17-16-14(19)11-6-7-12(23-11)18(21)22/h2-7H,1H3,(H,16,19)(H,17,20). The Kier molecular flexibility index (Phi) is 3.74. The van der Waals surface area contributed by atoms with Crippen molar-refractivity contribution in [2.24, 2.45) is 0 Å². The largest absolute Gasteiger partial charge is 0.451 e. The summed E-state index contributed by atoms with van der Waals surface area (Å²) in [4.78, 5) is 33.7. The van der Waals surface area contributed by atoms with E-state index in [0.29, 0.717) is 11.1 Å². The third-order valence-corrected chi connectivity index (χ3v) is 3.34. The molecule has 3 rings (SSSR count). The quantitative estimate of drug-likeness (QED) is 0.560. The Labute approximate surface area is 134 Å². The number of nitro groups is 1. The summed E-state index contributed by atoms with van der Waals surface area (Å²) in [6.07, 6.45) is 0. The molecule has 0 atom stereocenters. The van der Waals surface area contributed by atoms with E-state index < -0.39 is 22.6 Å². The first-order valence-electron chi connectivity index (χ1n) is 6.80. The van der Waals surface area contributed by atoms with Gasteiger partial charge in [-0.1, -0.05) is 18.2 Å². The number of benzene rings is 1. The van der Waals surface area contributed by atoms with Crippen LogP contribution < -0.4 is 10.9 Å². The number of furan rings is 2. The zero-order valence-corrected chi connectivity index (χ0v) is 12.4. The Hall–Kier alpha value is -3.62. The third kappa shape index (κ3) is 2.70. The van der Waals surface area contributed by atoms with Crippen molar-refractivity contribution >= 4 is 28.7 Å². The number of fused-ring (bicyclic) bond motifs is 1. The van der Waals surface area contributed by atoms with Gasteiger partial charge in [-0.05, 0) is 19.1 Å². The van der Waals surface area contributed by atoms with Gasteiger partial charge in [0.1, 0.15) is 10.5 Å². The van der Waals surface area contributed by atoms with Crippen LogP contribution in [0.2, 0.25) is 0 Å². The van der Waals surface area contributed by atoms with Crippen molar-refractivity contribution in [3.63, 3.8) is 0 Å². The molecule has 0 saturated heterocycles. The SMILES string of the molecule is Cc1c(C(=O)NNC(=O)c2ccc([N+](=O)[O-])o2)oc2ccccc12. The topological polar surface area (TPSA) is 128 Å². The molecule has 3 aromatic rings. The first-order chi connectivity index (χ1) is 11.5. The Balaban J connectivity index is 1.71. The lowest BCUT2D eigenvalue weighted by molar-refractivity contribution is -0.402. The van der Waals surface area contributed by atoms with E-state index in [1.807, 2.05) is 12.1 Å². The summed E-state index contributed by atoms with van der Waals surface area (Å²) in [6, 6.07) is 9.30. The van der Waals surface area contributed by atoms with Crippen molar-refractivity contribution in [2.75, 3.05) is 0 Å². The van der Waals surface area contributed by atoms with Crippen molar-refractivity contribution in [1.82, 2.24) is 10.9 Å². The molecule has 0 fully saturated rings. The van der Waals surface area contributed by atoms with Crippen LogP contribution in [0.5, 0.6) is 0 Å². The van der Waals surface area contributed by atoms with Crippen LogP contribution in [0.1, 0.15) is 26.7 Å². The Bertz CT molecular complexity index is 955. The van der Waals surface area contributed by atoms with Crippen LogP contribution in [-0.4, -0.2) is 16.7 Å². The fourth-order valence-corrected chi connectivity index (χ4v) is 2.17. The number of nitrogens with one attached hydrogen (secondary N) is 2. The molecule has 0 aliphatic carbocycles. The number of hydrazine groups is 1. The van der Waals surface area contributed by atoms with E-state index in [9.17, 15) is 19.7 Å². The second kappa shape index (κ2) is 5.88. The van der Waals surface area contributed by atoms with Gasteiger partial charge in [-0.15, -0.1) is 0 Å². The molecular weight excluding hydrogens is 318 g/mol. The Morgan fingerprint density at radius 1 is 1.04 bits per heavy atom. The lowest BCUT2D eigenvalue weighted by Gasteiger charge is -2.04. The van der Waals surface area contributed by atoms with Crippen molar-refractivity contribution in [1.29, 1.82) is 0 Å². The highest BCUT2D eigenvalue weighted by atomic mass is 16.6. The molecular formula is C15H11N3O6. The number of hydrogen-bond acceptors (Lipinski definition) is 6. The van der Waals surface area contributed by atoms with Gasteiger partial charge in [0.05, 0.1) is 6.07 Å². The molecule has 1 aromatic carbocycles. The lowest BCUT2D eigenvalue weighted by Crippen LogP contribution is -2.41. The van der Waals surface area contributed by atoms with E-state index in [-0.39, 0.29) is 11.5 Å². The highest BCUT2D eigenvalue weighted by Crippen LogP contribution is 2.24. The molecule has 9 heteroatoms. The summed E-state index contributed by atoms with van der Waals surface area (Å²) < 4.78 is 10.2. The first-order valence-corrected chi connectivity index (χ1v) is 6.80. The van der Waals surface area contributed by atoms with Crippen LogP contribution in [0.25, 0.3) is 11.0 Å². The number of carbonyl (C=O) groups excluding carboxylic acids is 2. The predicted octanol–water partition coefficient (Wildman–Crippen LogP) is 2.32. The molecule has 2 amide bonds. The summed E-state index contributed by atoms with van der Waals surface area (Å²) in [6.45, 7) is 1.72. The van der Waals surface area contributed by atoms with Gasteiger partial charge in [0.25, 0.3) is 0 Å². The van der Waals surface area contributed by atoms with Crippen LogP contribution in [0.4, 0.5) is 5.88 Å². The highest BCUT2D eigenvalue weighted by Gasteiger charge is 2.20. The summed E-state index contributed by atoms with van der Waals surface area (Å²) >= 11 is 0. The monoisotopic (exact) mass is 329 g/mol. The molecule has 0 aliphatic heterocycles. The smallest absolute Gasteiger partial charge is 0.433 e. The minimum Gasteiger partial charge on any atom is -0.451 e. The van der Waals surface area contributed by atoms with Crippen molar-refractivity contribution < 1.29 is 23.3 Å². The van der Waals surface area contributed by atoms with Gasteiger partial charge in [-0.25, -0.2) is 0 Å². The van der Waals surface area contributed by atoms with Crippen LogP contribution in [-0.2, 0) is 0 Å². The molecule has 2 aromatic heterocycles. The van der Waals surface area contributed by atoms with Crippen molar-refractivity contribution in [2.45, 2.75) is 6.92 Å². The van der Waals surface area contributed by atoms with Gasteiger partial charge in [-0.3, -0.25) is 30.6 Å². The van der Waals surface area contributed by atoms with Crippen LogP contribution >= 0.6 is 0 Å². The highest BCUT2D eigenvalue weighted by molar-refractivity contribution is 6.00. The Morgan fingerprint density at radius 2 is 1.75 bits per heavy atom. The fourth-order valence-electron chi connectivity index (χ4n) is 2.17. The molecule has 24 heavy (non-hydrogen) atoms. The van der Waals surface area contributed by atoms with Crippen LogP contribution in [0, 0.1) is 17.0 Å². The number of rotatable bonds is 3. The predicted molar refractivity (Wildman–Crippen MR) is 81.2 cm³/mol. The van der Waals surface area contributed by atoms with E-state index in [0.717, 1.165) is 17.5 Å². The number of aryl methyl sites for hydroxylation is 1. The van der Waals surface area contributed by atoms with E-state index in [1.165, 1.54) is 0 Å². The van der Waals surface area contributed by atoms with E-state index in [2.05, 4.69) is 10.9 Å². The molecule has 0 radical (unpaired) electrons. The number of para-hydroxylation sites is 1. The molecule has 0 bridgehead atoms. The normalized spacial score (nSPS) is 10.5. The number of amides is 2. The van der Waals surface area contributed by atoms with Gasteiger partial charge >= 0.3 is 17.7 Å². The average molecular weight is 329 g/mol. The van der Waals surface area contributed by atoms with E-state index in [1.54, 1.807) is 19.1 Å². The second-order valence-electron chi connectivity index (χ2n) is 4.86.